The molecule has 0 unspecified atom stereocenters. The number of hydrogen-bond donors (Lipinski definition) is 1. The molecule has 2 N–H and O–H groups in total. The van der Waals surface area contributed by atoms with Gasteiger partial charge in [-0.3, -0.25) is 4.79 Å². The quantitative estimate of drug-likeness (QED) is 0.746. The molecule has 0 saturated carbocycles. The van der Waals surface area contributed by atoms with Crippen LogP contribution in [0.1, 0.15) is 11.4 Å². The summed E-state index contributed by atoms with van der Waals surface area (Å²) in [4.78, 5) is 16.7. The second-order valence-electron chi connectivity index (χ2n) is 5.07. The molecule has 112 valence electrons. The van der Waals surface area contributed by atoms with Crippen LogP contribution in [0.3, 0.4) is 0 Å². The van der Waals surface area contributed by atoms with Crippen molar-refractivity contribution in [1.82, 2.24) is 9.66 Å². The molecule has 0 atom stereocenters. The molecule has 0 aliphatic carbocycles. The number of nitrogens with two attached hydrogens (primary N) is 1. The van der Waals surface area contributed by atoms with Crippen LogP contribution in [0.15, 0.2) is 53.3 Å². The average molecular weight is 295 g/mol. The molecule has 22 heavy (non-hydrogen) atoms. The van der Waals surface area contributed by atoms with E-state index in [0.29, 0.717) is 23.1 Å². The highest BCUT2D eigenvalue weighted by atomic mass is 16.5. The summed E-state index contributed by atoms with van der Waals surface area (Å²) < 4.78 is 6.28. The zero-order chi connectivity index (χ0) is 15.5. The number of benzene rings is 2. The maximum absolute atomic E-state index is 12.2. The predicted molar refractivity (Wildman–Crippen MR) is 86.6 cm³/mol. The van der Waals surface area contributed by atoms with Gasteiger partial charge in [0.1, 0.15) is 11.6 Å². The lowest BCUT2D eigenvalue weighted by Crippen LogP contribution is -2.31. The second-order valence-corrected chi connectivity index (χ2v) is 5.07. The topological polar surface area (TPSA) is 70.1 Å². The highest BCUT2D eigenvalue weighted by Crippen LogP contribution is 2.13. The number of rotatable bonds is 4. The minimum Gasteiger partial charge on any atom is -0.497 e. The maximum atomic E-state index is 12.2. The molecule has 2 aromatic carbocycles. The van der Waals surface area contributed by atoms with Gasteiger partial charge in [0.15, 0.2) is 0 Å². The van der Waals surface area contributed by atoms with Gasteiger partial charge in [0.25, 0.3) is 5.56 Å². The van der Waals surface area contributed by atoms with Crippen LogP contribution in [0.4, 0.5) is 0 Å². The van der Waals surface area contributed by atoms with Crippen molar-refractivity contribution in [2.45, 2.75) is 12.8 Å². The van der Waals surface area contributed by atoms with Crippen molar-refractivity contribution in [2.75, 3.05) is 13.0 Å². The van der Waals surface area contributed by atoms with Crippen molar-refractivity contribution in [3.8, 4) is 5.75 Å². The molecule has 0 radical (unpaired) electrons. The van der Waals surface area contributed by atoms with Gasteiger partial charge in [-0.1, -0.05) is 24.3 Å². The number of nitrogens with zero attached hydrogens (tertiary/aromatic N) is 2. The number of hydrogen-bond acceptors (Lipinski definition) is 4. The van der Waals surface area contributed by atoms with Crippen LogP contribution in [-0.2, 0) is 12.8 Å². The Morgan fingerprint density at radius 3 is 2.55 bits per heavy atom. The maximum Gasteiger partial charge on any atom is 0.279 e. The molecule has 0 aliphatic rings. The minimum atomic E-state index is -0.213. The van der Waals surface area contributed by atoms with Gasteiger partial charge >= 0.3 is 0 Å². The van der Waals surface area contributed by atoms with Gasteiger partial charge in [0.2, 0.25) is 0 Å². The van der Waals surface area contributed by atoms with Crippen molar-refractivity contribution in [1.29, 1.82) is 0 Å². The normalized spacial score (nSPS) is 10.8. The first-order valence-electron chi connectivity index (χ1n) is 7.07. The molecule has 1 heterocycles. The lowest BCUT2D eigenvalue weighted by atomic mass is 10.1. The second kappa shape index (κ2) is 5.89. The minimum absolute atomic E-state index is 0.213. The molecular weight excluding hydrogens is 278 g/mol. The summed E-state index contributed by atoms with van der Waals surface area (Å²) in [6, 6.07) is 15.1. The van der Waals surface area contributed by atoms with E-state index in [4.69, 9.17) is 10.6 Å². The van der Waals surface area contributed by atoms with E-state index in [1.165, 1.54) is 0 Å². The Morgan fingerprint density at radius 1 is 1.09 bits per heavy atom. The van der Waals surface area contributed by atoms with Gasteiger partial charge < -0.3 is 10.6 Å². The van der Waals surface area contributed by atoms with Gasteiger partial charge in [-0.15, -0.1) is 0 Å². The van der Waals surface area contributed by atoms with Crippen LogP contribution >= 0.6 is 0 Å². The first kappa shape index (κ1) is 14.1. The van der Waals surface area contributed by atoms with E-state index < -0.39 is 0 Å². The van der Waals surface area contributed by atoms with Crippen LogP contribution in [0.5, 0.6) is 5.75 Å². The largest absolute Gasteiger partial charge is 0.497 e. The number of para-hydroxylation sites is 1. The van der Waals surface area contributed by atoms with Crippen LogP contribution < -0.4 is 16.1 Å². The summed E-state index contributed by atoms with van der Waals surface area (Å²) in [5, 5.41) is 0.540. The van der Waals surface area contributed by atoms with Crippen LogP contribution in [0.2, 0.25) is 0 Å². The summed E-state index contributed by atoms with van der Waals surface area (Å²) in [5.74, 6) is 7.29. The summed E-state index contributed by atoms with van der Waals surface area (Å²) in [5.41, 5.74) is 1.61. The fourth-order valence-electron chi connectivity index (χ4n) is 2.42. The zero-order valence-corrected chi connectivity index (χ0v) is 12.3. The third-order valence-electron chi connectivity index (χ3n) is 3.68. The molecule has 0 saturated heterocycles. The van der Waals surface area contributed by atoms with E-state index in [0.717, 1.165) is 22.4 Å². The Hall–Kier alpha value is -2.82. The number of methoxy groups -OCH3 is 1. The van der Waals surface area contributed by atoms with Crippen molar-refractivity contribution in [3.05, 3.63) is 70.3 Å². The summed E-state index contributed by atoms with van der Waals surface area (Å²) in [6.45, 7) is 0. The zero-order valence-electron chi connectivity index (χ0n) is 12.3. The fourth-order valence-corrected chi connectivity index (χ4v) is 2.42. The SMILES string of the molecule is COc1ccc(CCc2nc3ccccc3c(=O)n2N)cc1. The highest BCUT2D eigenvalue weighted by molar-refractivity contribution is 5.77. The number of aromatic nitrogens is 2. The fraction of sp³-hybridized carbons (Fsp3) is 0.176. The molecule has 5 heteroatoms. The van der Waals surface area contributed by atoms with Crippen molar-refractivity contribution >= 4 is 10.9 Å². The number of nitrogen functional groups attached to an aromatic ring is 1. The van der Waals surface area contributed by atoms with E-state index in [-0.39, 0.29) is 5.56 Å². The van der Waals surface area contributed by atoms with E-state index in [1.54, 1.807) is 13.2 Å². The van der Waals surface area contributed by atoms with Gasteiger partial charge in [-0.25, -0.2) is 9.66 Å². The van der Waals surface area contributed by atoms with Gasteiger partial charge in [-0.2, -0.15) is 0 Å². The van der Waals surface area contributed by atoms with Crippen LogP contribution in [0, 0.1) is 0 Å². The van der Waals surface area contributed by atoms with Crippen molar-refractivity contribution in [2.24, 2.45) is 0 Å². The molecule has 3 aromatic rings. The Labute approximate surface area is 127 Å². The van der Waals surface area contributed by atoms with Crippen molar-refractivity contribution in [3.63, 3.8) is 0 Å². The monoisotopic (exact) mass is 295 g/mol. The molecule has 0 fully saturated rings. The third kappa shape index (κ3) is 2.65. The van der Waals surface area contributed by atoms with E-state index in [2.05, 4.69) is 4.98 Å². The van der Waals surface area contributed by atoms with E-state index >= 15 is 0 Å². The van der Waals surface area contributed by atoms with Crippen molar-refractivity contribution < 1.29 is 4.74 Å². The van der Waals surface area contributed by atoms with Gasteiger partial charge in [0, 0.05) is 6.42 Å². The van der Waals surface area contributed by atoms with Gasteiger partial charge in [-0.05, 0) is 36.2 Å². The predicted octanol–water partition coefficient (Wildman–Crippen LogP) is 1.90. The van der Waals surface area contributed by atoms with E-state index in [9.17, 15) is 4.79 Å². The number of fused-ring (bicyclic) bond motifs is 1. The lowest BCUT2D eigenvalue weighted by molar-refractivity contribution is 0.414. The number of ether oxygens (including phenoxy) is 1. The van der Waals surface area contributed by atoms with Gasteiger partial charge in [0.05, 0.1) is 18.0 Å². The smallest absolute Gasteiger partial charge is 0.279 e. The molecule has 1 aromatic heterocycles. The molecule has 0 bridgehead atoms. The molecule has 0 aliphatic heterocycles. The highest BCUT2D eigenvalue weighted by Gasteiger charge is 2.08. The van der Waals surface area contributed by atoms with Crippen LogP contribution in [0.25, 0.3) is 10.9 Å². The first-order chi connectivity index (χ1) is 10.7. The van der Waals surface area contributed by atoms with Crippen LogP contribution in [-0.4, -0.2) is 16.8 Å². The third-order valence-corrected chi connectivity index (χ3v) is 3.68. The Morgan fingerprint density at radius 2 is 1.82 bits per heavy atom. The first-order valence-corrected chi connectivity index (χ1v) is 7.07. The summed E-state index contributed by atoms with van der Waals surface area (Å²) >= 11 is 0. The standard InChI is InChI=1S/C17H17N3O2/c1-22-13-9-6-12(7-10-13)8-11-16-19-15-5-3-2-4-14(15)17(21)20(16)18/h2-7,9-10H,8,11,18H2,1H3. The molecule has 5 nitrogen and oxygen atoms in total. The number of aryl methyl sites for hydroxylation is 2. The molecule has 3 rings (SSSR count). The molecule has 0 amide bonds. The molecule has 0 spiro atoms. The summed E-state index contributed by atoms with van der Waals surface area (Å²) in [7, 11) is 1.64. The Bertz CT molecular complexity index is 854. The Kier molecular flexibility index (Phi) is 3.78. The lowest BCUT2D eigenvalue weighted by Gasteiger charge is -2.09. The molecular formula is C17H17N3O2. The Balaban J connectivity index is 1.87. The van der Waals surface area contributed by atoms with E-state index in [1.807, 2.05) is 42.5 Å². The summed E-state index contributed by atoms with van der Waals surface area (Å²) in [6.07, 6.45) is 1.36. The average Bonchev–Trinajstić information content (AvgIpc) is 2.57.